The molecular weight excluding hydrogens is 1290 g/mol. The second kappa shape index (κ2) is 71.7. The lowest BCUT2D eigenvalue weighted by molar-refractivity contribution is -0.161. The number of phosphoric ester groups is 2. The number of rotatable bonds is 79. The SMILES string of the molecule is CCCCCCCCCCCCCCCCCCCCCC(=O)O[C@H](COC(=O)CCCCCCCCCCCCCCCCCCC)COP(=O)(O)OC[C@@H](O)COP(=O)(O)OC[C@@H](COC(=O)CCCCCCCCCCC(C)C)OC(=O)CCCCCCCCCCCC(C)C. The summed E-state index contributed by atoms with van der Waals surface area (Å²) in [4.78, 5) is 73.0. The van der Waals surface area contributed by atoms with E-state index in [0.29, 0.717) is 25.7 Å². The molecule has 588 valence electrons. The minimum atomic E-state index is -4.96. The maximum absolute atomic E-state index is 13.1. The van der Waals surface area contributed by atoms with Crippen LogP contribution in [0.25, 0.3) is 0 Å². The van der Waals surface area contributed by atoms with Crippen LogP contribution < -0.4 is 0 Å². The summed E-state index contributed by atoms with van der Waals surface area (Å²) in [6.07, 6.45) is 61.2. The van der Waals surface area contributed by atoms with E-state index in [0.717, 1.165) is 102 Å². The number of esters is 4. The molecule has 0 radical (unpaired) electrons. The molecule has 0 heterocycles. The highest BCUT2D eigenvalue weighted by atomic mass is 31.2. The third kappa shape index (κ3) is 74.1. The topological polar surface area (TPSA) is 237 Å². The van der Waals surface area contributed by atoms with Crippen LogP contribution in [0.15, 0.2) is 0 Å². The first-order valence-corrected chi connectivity index (χ1v) is 44.5. The van der Waals surface area contributed by atoms with E-state index in [1.807, 2.05) is 0 Å². The first-order chi connectivity index (χ1) is 47.9. The number of aliphatic hydroxyl groups is 1. The fourth-order valence-electron chi connectivity index (χ4n) is 12.4. The van der Waals surface area contributed by atoms with Crippen LogP contribution in [0.5, 0.6) is 0 Å². The fourth-order valence-corrected chi connectivity index (χ4v) is 13.9. The molecule has 0 aliphatic carbocycles. The molecule has 0 aliphatic heterocycles. The number of phosphoric acid groups is 2. The van der Waals surface area contributed by atoms with E-state index in [4.69, 9.17) is 37.0 Å². The van der Waals surface area contributed by atoms with E-state index < -0.39 is 97.5 Å². The summed E-state index contributed by atoms with van der Waals surface area (Å²) >= 11 is 0. The van der Waals surface area contributed by atoms with Gasteiger partial charge in [-0.2, -0.15) is 0 Å². The smallest absolute Gasteiger partial charge is 0.462 e. The molecule has 0 bridgehead atoms. The molecule has 99 heavy (non-hydrogen) atoms. The lowest BCUT2D eigenvalue weighted by atomic mass is 10.0. The van der Waals surface area contributed by atoms with Gasteiger partial charge in [-0.3, -0.25) is 37.3 Å². The average molecular weight is 1450 g/mol. The maximum Gasteiger partial charge on any atom is 0.472 e. The molecule has 0 saturated heterocycles. The molecule has 0 aromatic rings. The summed E-state index contributed by atoms with van der Waals surface area (Å²) in [5.74, 6) is -0.649. The van der Waals surface area contributed by atoms with Crippen LogP contribution in [0.4, 0.5) is 0 Å². The predicted octanol–water partition coefficient (Wildman–Crippen LogP) is 23.9. The molecule has 0 saturated carbocycles. The lowest BCUT2D eigenvalue weighted by Crippen LogP contribution is -2.30. The highest BCUT2D eigenvalue weighted by Crippen LogP contribution is 2.45. The van der Waals surface area contributed by atoms with Crippen molar-refractivity contribution < 1.29 is 80.2 Å². The fraction of sp³-hybridized carbons (Fsp3) is 0.950. The number of unbranched alkanes of at least 4 members (excludes halogenated alkanes) is 49. The Morgan fingerprint density at radius 1 is 0.273 bits per heavy atom. The van der Waals surface area contributed by atoms with Crippen molar-refractivity contribution in [3.05, 3.63) is 0 Å². The normalized spacial score (nSPS) is 13.9. The molecule has 3 N–H and O–H groups in total. The molecule has 17 nitrogen and oxygen atoms in total. The van der Waals surface area contributed by atoms with Gasteiger partial charge in [0.25, 0.3) is 0 Å². The van der Waals surface area contributed by atoms with Gasteiger partial charge in [0.2, 0.25) is 0 Å². The Bertz CT molecular complexity index is 1910. The number of hydrogen-bond donors (Lipinski definition) is 3. The van der Waals surface area contributed by atoms with E-state index in [9.17, 15) is 43.2 Å². The van der Waals surface area contributed by atoms with Crippen LogP contribution >= 0.6 is 15.6 Å². The van der Waals surface area contributed by atoms with Gasteiger partial charge in [-0.25, -0.2) is 9.13 Å². The molecule has 0 aromatic carbocycles. The van der Waals surface area contributed by atoms with Crippen molar-refractivity contribution >= 4 is 39.5 Å². The van der Waals surface area contributed by atoms with Crippen molar-refractivity contribution in [3.63, 3.8) is 0 Å². The number of ether oxygens (including phenoxy) is 4. The molecule has 0 aliphatic rings. The van der Waals surface area contributed by atoms with Crippen LogP contribution in [0.1, 0.15) is 420 Å². The molecule has 19 heteroatoms. The van der Waals surface area contributed by atoms with Crippen LogP contribution in [0.3, 0.4) is 0 Å². The minimum absolute atomic E-state index is 0.105. The predicted molar refractivity (Wildman–Crippen MR) is 405 cm³/mol. The van der Waals surface area contributed by atoms with E-state index >= 15 is 0 Å². The second-order valence-corrected chi connectivity index (χ2v) is 32.7. The van der Waals surface area contributed by atoms with E-state index in [2.05, 4.69) is 41.5 Å². The molecule has 0 rings (SSSR count). The Morgan fingerprint density at radius 3 is 0.687 bits per heavy atom. The number of carbonyl (C=O) groups excluding carboxylic acids is 4. The van der Waals surface area contributed by atoms with Gasteiger partial charge in [0.1, 0.15) is 19.3 Å². The standard InChI is InChI=1S/C80H156O17P2/c1-7-9-11-13-15-17-19-21-23-25-26-28-30-32-34-38-46-52-58-64-79(84)96-75(68-90-77(82)62-56-50-44-37-33-31-29-27-24-22-20-18-16-14-12-10-8-2)70-94-98(86,87)92-66-74(81)67-93-99(88,89)95-71-76(69-91-78(83)63-57-51-45-41-40-43-49-55-61-73(5)6)97-80(85)65-59-53-47-39-35-36-42-48-54-60-72(3)4/h72-76,81H,7-71H2,1-6H3,(H,86,87)(H,88,89)/t74-,75-,76-/m1/s1. The third-order valence-corrected chi connectivity index (χ3v) is 20.6. The molecule has 2 unspecified atom stereocenters. The van der Waals surface area contributed by atoms with E-state index in [-0.39, 0.29) is 25.7 Å². The lowest BCUT2D eigenvalue weighted by Gasteiger charge is -2.21. The molecule has 0 amide bonds. The molecule has 0 aromatic heterocycles. The summed E-state index contributed by atoms with van der Waals surface area (Å²) in [6, 6.07) is 0. The summed E-state index contributed by atoms with van der Waals surface area (Å²) in [7, 11) is -9.92. The monoisotopic (exact) mass is 1450 g/mol. The summed E-state index contributed by atoms with van der Waals surface area (Å²) in [5.41, 5.74) is 0. The van der Waals surface area contributed by atoms with Crippen LogP contribution in [0.2, 0.25) is 0 Å². The summed E-state index contributed by atoms with van der Waals surface area (Å²) in [5, 5.41) is 10.6. The van der Waals surface area contributed by atoms with Gasteiger partial charge in [0.15, 0.2) is 12.2 Å². The minimum Gasteiger partial charge on any atom is -0.462 e. The first kappa shape index (κ1) is 97.1. The van der Waals surface area contributed by atoms with E-state index in [1.54, 1.807) is 0 Å². The van der Waals surface area contributed by atoms with Crippen LogP contribution in [-0.2, 0) is 65.4 Å². The summed E-state index contributed by atoms with van der Waals surface area (Å²) in [6.45, 7) is 9.57. The highest BCUT2D eigenvalue weighted by Gasteiger charge is 2.30. The Hall–Kier alpha value is -1.94. The van der Waals surface area contributed by atoms with Gasteiger partial charge in [0.05, 0.1) is 26.4 Å². The number of carbonyl (C=O) groups is 4. The van der Waals surface area contributed by atoms with Gasteiger partial charge in [-0.05, 0) is 37.5 Å². The highest BCUT2D eigenvalue weighted by molar-refractivity contribution is 7.47. The molecule has 5 atom stereocenters. The van der Waals surface area contributed by atoms with Gasteiger partial charge in [-0.1, -0.05) is 369 Å². The molecule has 0 spiro atoms. The zero-order chi connectivity index (χ0) is 72.8. The number of aliphatic hydroxyl groups excluding tert-OH is 1. The zero-order valence-corrected chi connectivity index (χ0v) is 66.6. The first-order valence-electron chi connectivity index (χ1n) is 41.5. The Morgan fingerprint density at radius 2 is 0.465 bits per heavy atom. The Labute approximate surface area is 607 Å². The Balaban J connectivity index is 5.24. The van der Waals surface area contributed by atoms with Crippen LogP contribution in [-0.4, -0.2) is 96.7 Å². The van der Waals surface area contributed by atoms with Crippen molar-refractivity contribution in [1.82, 2.24) is 0 Å². The van der Waals surface area contributed by atoms with Crippen molar-refractivity contribution in [1.29, 1.82) is 0 Å². The molecule has 0 fully saturated rings. The van der Waals surface area contributed by atoms with Gasteiger partial charge in [0, 0.05) is 25.7 Å². The van der Waals surface area contributed by atoms with Gasteiger partial charge in [-0.15, -0.1) is 0 Å². The Kier molecular flexibility index (Phi) is 70.3. The van der Waals surface area contributed by atoms with Crippen molar-refractivity contribution in [2.75, 3.05) is 39.6 Å². The van der Waals surface area contributed by atoms with Gasteiger partial charge >= 0.3 is 39.5 Å². The van der Waals surface area contributed by atoms with Crippen molar-refractivity contribution in [3.8, 4) is 0 Å². The molecular formula is C80H156O17P2. The van der Waals surface area contributed by atoms with Crippen molar-refractivity contribution in [2.24, 2.45) is 11.8 Å². The van der Waals surface area contributed by atoms with Crippen molar-refractivity contribution in [2.45, 2.75) is 439 Å². The van der Waals surface area contributed by atoms with Gasteiger partial charge < -0.3 is 33.8 Å². The second-order valence-electron chi connectivity index (χ2n) is 29.8. The average Bonchev–Trinajstić information content (AvgIpc) is 0.978. The summed E-state index contributed by atoms with van der Waals surface area (Å²) < 4.78 is 68.7. The van der Waals surface area contributed by atoms with E-state index in [1.165, 1.54) is 238 Å². The van der Waals surface area contributed by atoms with Crippen LogP contribution in [0, 0.1) is 11.8 Å². The maximum atomic E-state index is 13.1. The zero-order valence-electron chi connectivity index (χ0n) is 64.8. The number of hydrogen-bond acceptors (Lipinski definition) is 15. The quantitative estimate of drug-likeness (QED) is 0.0222. The largest absolute Gasteiger partial charge is 0.472 e. The third-order valence-electron chi connectivity index (χ3n) is 18.7.